The normalized spacial score (nSPS) is 27.8. The molecule has 2 N–H and O–H groups in total. The molecule has 3 rings (SSSR count). The fourth-order valence-corrected chi connectivity index (χ4v) is 3.63. The maximum absolute atomic E-state index is 13.9. The van der Waals surface area contributed by atoms with Crippen LogP contribution in [-0.2, 0) is 9.59 Å². The summed E-state index contributed by atoms with van der Waals surface area (Å²) in [6.45, 7) is 3.48. The Morgan fingerprint density at radius 3 is 2.74 bits per heavy atom. The number of anilines is 1. The van der Waals surface area contributed by atoms with E-state index in [1.807, 2.05) is 11.8 Å². The standard InChI is InChI=1S/C17H22FN3O2/c1-11-6-12(8-19)9-20(11)17(23)13-7-16(22)21(10-13)15-5-3-2-4-14(15)18/h2-5,11-13H,6-10,19H2,1H3. The number of benzene rings is 1. The van der Waals surface area contributed by atoms with Gasteiger partial charge in [0.2, 0.25) is 11.8 Å². The van der Waals surface area contributed by atoms with E-state index in [1.165, 1.54) is 11.0 Å². The molecule has 2 fully saturated rings. The quantitative estimate of drug-likeness (QED) is 0.915. The summed E-state index contributed by atoms with van der Waals surface area (Å²) < 4.78 is 13.9. The summed E-state index contributed by atoms with van der Waals surface area (Å²) >= 11 is 0. The molecule has 0 aliphatic carbocycles. The molecule has 5 nitrogen and oxygen atoms in total. The molecular formula is C17H22FN3O2. The molecule has 2 aliphatic rings. The highest BCUT2D eigenvalue weighted by atomic mass is 19.1. The van der Waals surface area contributed by atoms with Gasteiger partial charge in [-0.2, -0.15) is 0 Å². The summed E-state index contributed by atoms with van der Waals surface area (Å²) in [7, 11) is 0. The smallest absolute Gasteiger partial charge is 0.228 e. The van der Waals surface area contributed by atoms with E-state index in [9.17, 15) is 14.0 Å². The summed E-state index contributed by atoms with van der Waals surface area (Å²) in [4.78, 5) is 28.2. The number of hydrogen-bond acceptors (Lipinski definition) is 3. The minimum absolute atomic E-state index is 0.0133. The predicted octanol–water partition coefficient (Wildman–Crippen LogP) is 1.37. The zero-order valence-corrected chi connectivity index (χ0v) is 13.2. The lowest BCUT2D eigenvalue weighted by Gasteiger charge is -2.25. The van der Waals surface area contributed by atoms with Crippen molar-refractivity contribution >= 4 is 17.5 Å². The topological polar surface area (TPSA) is 66.6 Å². The summed E-state index contributed by atoms with van der Waals surface area (Å²) in [5.41, 5.74) is 5.96. The van der Waals surface area contributed by atoms with Gasteiger partial charge in [-0.05, 0) is 37.9 Å². The number of nitrogens with two attached hydrogens (primary N) is 1. The van der Waals surface area contributed by atoms with E-state index >= 15 is 0 Å². The molecule has 1 aromatic carbocycles. The van der Waals surface area contributed by atoms with Gasteiger partial charge in [0.05, 0.1) is 11.6 Å². The van der Waals surface area contributed by atoms with E-state index in [1.54, 1.807) is 18.2 Å². The maximum Gasteiger partial charge on any atom is 0.228 e. The van der Waals surface area contributed by atoms with Crippen molar-refractivity contribution in [1.82, 2.24) is 4.90 Å². The predicted molar refractivity (Wildman–Crippen MR) is 85.2 cm³/mol. The minimum atomic E-state index is -0.438. The van der Waals surface area contributed by atoms with Crippen LogP contribution >= 0.6 is 0 Å². The highest BCUT2D eigenvalue weighted by Crippen LogP contribution is 2.31. The number of nitrogens with zero attached hydrogens (tertiary/aromatic N) is 2. The second-order valence-electron chi connectivity index (χ2n) is 6.53. The van der Waals surface area contributed by atoms with E-state index < -0.39 is 11.7 Å². The molecule has 2 saturated heterocycles. The van der Waals surface area contributed by atoms with Crippen molar-refractivity contribution in [1.29, 1.82) is 0 Å². The minimum Gasteiger partial charge on any atom is -0.339 e. The van der Waals surface area contributed by atoms with Crippen molar-refractivity contribution in [3.63, 3.8) is 0 Å². The van der Waals surface area contributed by atoms with Gasteiger partial charge in [-0.3, -0.25) is 9.59 Å². The molecule has 1 aromatic rings. The van der Waals surface area contributed by atoms with Crippen molar-refractivity contribution in [2.24, 2.45) is 17.6 Å². The molecule has 2 aliphatic heterocycles. The number of likely N-dealkylation sites (tertiary alicyclic amines) is 1. The van der Waals surface area contributed by atoms with Gasteiger partial charge < -0.3 is 15.5 Å². The van der Waals surface area contributed by atoms with Crippen molar-refractivity contribution in [2.75, 3.05) is 24.5 Å². The molecule has 0 aromatic heterocycles. The molecule has 124 valence electrons. The average molecular weight is 319 g/mol. The molecule has 0 saturated carbocycles. The molecule has 0 spiro atoms. The number of carbonyl (C=O) groups is 2. The van der Waals surface area contributed by atoms with E-state index in [2.05, 4.69) is 0 Å². The van der Waals surface area contributed by atoms with Gasteiger partial charge >= 0.3 is 0 Å². The van der Waals surface area contributed by atoms with Crippen LogP contribution in [-0.4, -0.2) is 42.4 Å². The van der Waals surface area contributed by atoms with Crippen LogP contribution in [0.4, 0.5) is 10.1 Å². The van der Waals surface area contributed by atoms with Crippen molar-refractivity contribution in [3.05, 3.63) is 30.1 Å². The van der Waals surface area contributed by atoms with E-state index in [0.717, 1.165) is 6.42 Å². The molecule has 2 amide bonds. The summed E-state index contributed by atoms with van der Waals surface area (Å²) in [5, 5.41) is 0. The second kappa shape index (κ2) is 6.28. The van der Waals surface area contributed by atoms with Gasteiger partial charge in [0.25, 0.3) is 0 Å². The number of amides is 2. The van der Waals surface area contributed by atoms with Crippen LogP contribution in [0.2, 0.25) is 0 Å². The van der Waals surface area contributed by atoms with Crippen LogP contribution in [0.1, 0.15) is 19.8 Å². The first-order chi connectivity index (χ1) is 11.0. The Bertz CT molecular complexity index is 622. The van der Waals surface area contributed by atoms with Gasteiger partial charge in [0, 0.05) is 25.6 Å². The molecule has 6 heteroatoms. The second-order valence-corrected chi connectivity index (χ2v) is 6.53. The van der Waals surface area contributed by atoms with Crippen LogP contribution in [0.15, 0.2) is 24.3 Å². The first-order valence-corrected chi connectivity index (χ1v) is 8.06. The Labute approximate surface area is 135 Å². The van der Waals surface area contributed by atoms with Crippen molar-refractivity contribution in [2.45, 2.75) is 25.8 Å². The van der Waals surface area contributed by atoms with Gasteiger partial charge in [-0.15, -0.1) is 0 Å². The Balaban J connectivity index is 1.73. The monoisotopic (exact) mass is 319 g/mol. The molecule has 3 unspecified atom stereocenters. The van der Waals surface area contributed by atoms with E-state index in [4.69, 9.17) is 5.73 Å². The van der Waals surface area contributed by atoms with Gasteiger partial charge in [-0.1, -0.05) is 12.1 Å². The van der Waals surface area contributed by atoms with Crippen LogP contribution < -0.4 is 10.6 Å². The number of rotatable bonds is 3. The molecule has 0 bridgehead atoms. The summed E-state index contributed by atoms with van der Waals surface area (Å²) in [6, 6.07) is 6.32. The molecule has 0 radical (unpaired) electrons. The maximum atomic E-state index is 13.9. The fraction of sp³-hybridized carbons (Fsp3) is 0.529. The number of carbonyl (C=O) groups excluding carboxylic acids is 2. The largest absolute Gasteiger partial charge is 0.339 e. The van der Waals surface area contributed by atoms with Crippen LogP contribution in [0.25, 0.3) is 0 Å². The highest BCUT2D eigenvalue weighted by Gasteiger charge is 2.41. The summed E-state index contributed by atoms with van der Waals surface area (Å²) in [6.07, 6.45) is 1.05. The lowest BCUT2D eigenvalue weighted by molar-refractivity contribution is -0.136. The third kappa shape index (κ3) is 2.95. The number of hydrogen-bond donors (Lipinski definition) is 1. The van der Waals surface area contributed by atoms with Crippen molar-refractivity contribution < 1.29 is 14.0 Å². The first kappa shape index (κ1) is 15.9. The number of para-hydroxylation sites is 1. The van der Waals surface area contributed by atoms with Crippen LogP contribution in [0, 0.1) is 17.7 Å². The van der Waals surface area contributed by atoms with E-state index in [-0.39, 0.29) is 36.5 Å². The molecule has 2 heterocycles. The van der Waals surface area contributed by atoms with Crippen molar-refractivity contribution in [3.8, 4) is 0 Å². The van der Waals surface area contributed by atoms with Crippen LogP contribution in [0.3, 0.4) is 0 Å². The molecular weight excluding hydrogens is 297 g/mol. The third-order valence-corrected chi connectivity index (χ3v) is 4.90. The van der Waals surface area contributed by atoms with Gasteiger partial charge in [-0.25, -0.2) is 4.39 Å². The average Bonchev–Trinajstić information content (AvgIpc) is 3.10. The lowest BCUT2D eigenvalue weighted by Crippen LogP contribution is -2.40. The molecule has 3 atom stereocenters. The third-order valence-electron chi connectivity index (χ3n) is 4.90. The van der Waals surface area contributed by atoms with Gasteiger partial charge in [0.1, 0.15) is 5.82 Å². The lowest BCUT2D eigenvalue weighted by atomic mass is 10.1. The fourth-order valence-electron chi connectivity index (χ4n) is 3.63. The Morgan fingerprint density at radius 2 is 2.09 bits per heavy atom. The Kier molecular flexibility index (Phi) is 4.35. The van der Waals surface area contributed by atoms with Gasteiger partial charge in [0.15, 0.2) is 0 Å². The molecule has 23 heavy (non-hydrogen) atoms. The van der Waals surface area contributed by atoms with E-state index in [0.29, 0.717) is 19.0 Å². The number of halogens is 1. The zero-order valence-electron chi connectivity index (χ0n) is 13.2. The summed E-state index contributed by atoms with van der Waals surface area (Å²) in [5.74, 6) is -0.724. The highest BCUT2D eigenvalue weighted by molar-refractivity contribution is 6.00. The first-order valence-electron chi connectivity index (χ1n) is 8.06. The zero-order chi connectivity index (χ0) is 16.6. The van der Waals surface area contributed by atoms with Crippen LogP contribution in [0.5, 0.6) is 0 Å². The Hall–Kier alpha value is -1.95. The SMILES string of the molecule is CC1CC(CN)CN1C(=O)C1CC(=O)N(c2ccccc2F)C1. The Morgan fingerprint density at radius 1 is 1.35 bits per heavy atom.